The average Bonchev–Trinajstić information content (AvgIpc) is 1.90. The van der Waals surface area contributed by atoms with Crippen molar-refractivity contribution in [3.05, 3.63) is 0 Å². The summed E-state index contributed by atoms with van der Waals surface area (Å²) >= 11 is 0. The minimum atomic E-state index is 0.0281. The summed E-state index contributed by atoms with van der Waals surface area (Å²) in [6, 6.07) is 0. The molecule has 0 atom stereocenters. The van der Waals surface area contributed by atoms with Gasteiger partial charge in [-0.15, -0.1) is 0 Å². The Morgan fingerprint density at radius 3 is 3.00 bits per heavy atom. The summed E-state index contributed by atoms with van der Waals surface area (Å²) < 4.78 is 0. The van der Waals surface area contributed by atoms with Crippen molar-refractivity contribution in [3.63, 3.8) is 0 Å². The standard InChI is InChI=1S/C5H10N2O2/c8-4-7-2-1-5(9)6-3-7/h8H,1-4H2,(H,6,9). The van der Waals surface area contributed by atoms with Crippen molar-refractivity contribution in [2.45, 2.75) is 6.42 Å². The Bertz CT molecular complexity index is 106. The van der Waals surface area contributed by atoms with E-state index in [1.54, 1.807) is 4.90 Å². The fourth-order valence-corrected chi connectivity index (χ4v) is 0.748. The first-order chi connectivity index (χ1) is 4.33. The van der Waals surface area contributed by atoms with E-state index in [9.17, 15) is 4.79 Å². The fraction of sp³-hybridized carbons (Fsp3) is 0.800. The molecular weight excluding hydrogens is 120 g/mol. The Labute approximate surface area is 53.5 Å². The number of carbonyl (C=O) groups excluding carboxylic acids is 1. The highest BCUT2D eigenvalue weighted by molar-refractivity contribution is 5.76. The number of hydrogen-bond donors (Lipinski definition) is 2. The molecule has 0 spiro atoms. The Kier molecular flexibility index (Phi) is 2.02. The van der Waals surface area contributed by atoms with Crippen LogP contribution in [0.15, 0.2) is 0 Å². The van der Waals surface area contributed by atoms with Crippen LogP contribution in [0.3, 0.4) is 0 Å². The zero-order valence-electron chi connectivity index (χ0n) is 5.13. The van der Waals surface area contributed by atoms with E-state index in [0.717, 1.165) is 0 Å². The van der Waals surface area contributed by atoms with E-state index in [-0.39, 0.29) is 12.6 Å². The largest absolute Gasteiger partial charge is 0.381 e. The van der Waals surface area contributed by atoms with Gasteiger partial charge in [0.15, 0.2) is 0 Å². The predicted molar refractivity (Wildman–Crippen MR) is 31.4 cm³/mol. The van der Waals surface area contributed by atoms with Crippen molar-refractivity contribution < 1.29 is 9.90 Å². The van der Waals surface area contributed by atoms with Gasteiger partial charge in [0, 0.05) is 13.0 Å². The zero-order chi connectivity index (χ0) is 6.69. The maximum Gasteiger partial charge on any atom is 0.222 e. The minimum absolute atomic E-state index is 0.0281. The van der Waals surface area contributed by atoms with Crippen molar-refractivity contribution in [3.8, 4) is 0 Å². The van der Waals surface area contributed by atoms with Crippen LogP contribution in [0.1, 0.15) is 6.42 Å². The molecule has 1 amide bonds. The van der Waals surface area contributed by atoms with Crippen LogP contribution >= 0.6 is 0 Å². The molecule has 0 aromatic carbocycles. The first-order valence-corrected chi connectivity index (χ1v) is 2.93. The van der Waals surface area contributed by atoms with Crippen LogP contribution in [-0.2, 0) is 4.79 Å². The van der Waals surface area contributed by atoms with Crippen LogP contribution in [0.5, 0.6) is 0 Å². The Hall–Kier alpha value is -0.610. The first kappa shape index (κ1) is 6.51. The molecule has 1 aliphatic rings. The number of nitrogens with zero attached hydrogens (tertiary/aromatic N) is 1. The average molecular weight is 130 g/mol. The van der Waals surface area contributed by atoms with E-state index in [1.165, 1.54) is 0 Å². The van der Waals surface area contributed by atoms with E-state index < -0.39 is 0 Å². The Morgan fingerprint density at radius 2 is 2.56 bits per heavy atom. The van der Waals surface area contributed by atoms with Gasteiger partial charge in [0.05, 0.1) is 13.4 Å². The third-order valence-corrected chi connectivity index (χ3v) is 1.35. The molecule has 0 aliphatic carbocycles. The number of amides is 1. The summed E-state index contributed by atoms with van der Waals surface area (Å²) in [7, 11) is 0. The van der Waals surface area contributed by atoms with Gasteiger partial charge in [-0.25, -0.2) is 0 Å². The third kappa shape index (κ3) is 1.65. The molecule has 0 radical (unpaired) electrons. The Morgan fingerprint density at radius 1 is 1.78 bits per heavy atom. The zero-order valence-corrected chi connectivity index (χ0v) is 5.13. The first-order valence-electron chi connectivity index (χ1n) is 2.93. The third-order valence-electron chi connectivity index (χ3n) is 1.35. The summed E-state index contributed by atoms with van der Waals surface area (Å²) in [6.45, 7) is 1.18. The number of rotatable bonds is 1. The fourth-order valence-electron chi connectivity index (χ4n) is 0.748. The summed E-state index contributed by atoms with van der Waals surface area (Å²) in [5.41, 5.74) is 0. The molecule has 0 aromatic heterocycles. The summed E-state index contributed by atoms with van der Waals surface area (Å²) in [5.74, 6) is 0.0692. The van der Waals surface area contributed by atoms with Crippen LogP contribution in [-0.4, -0.2) is 35.9 Å². The molecule has 52 valence electrons. The smallest absolute Gasteiger partial charge is 0.222 e. The highest BCUT2D eigenvalue weighted by atomic mass is 16.3. The van der Waals surface area contributed by atoms with Gasteiger partial charge in [-0.3, -0.25) is 9.69 Å². The van der Waals surface area contributed by atoms with Crippen LogP contribution in [0.25, 0.3) is 0 Å². The van der Waals surface area contributed by atoms with Gasteiger partial charge in [0.1, 0.15) is 0 Å². The molecule has 0 bridgehead atoms. The number of carbonyl (C=O) groups is 1. The van der Waals surface area contributed by atoms with Crippen molar-refractivity contribution in [1.82, 2.24) is 10.2 Å². The molecular formula is C5H10N2O2. The van der Waals surface area contributed by atoms with E-state index in [0.29, 0.717) is 19.6 Å². The maximum atomic E-state index is 10.5. The molecule has 0 aromatic rings. The van der Waals surface area contributed by atoms with Gasteiger partial charge in [0.25, 0.3) is 0 Å². The molecule has 4 nitrogen and oxygen atoms in total. The van der Waals surface area contributed by atoms with E-state index in [2.05, 4.69) is 5.32 Å². The van der Waals surface area contributed by atoms with Gasteiger partial charge >= 0.3 is 0 Å². The summed E-state index contributed by atoms with van der Waals surface area (Å²) in [5, 5.41) is 11.2. The monoisotopic (exact) mass is 130 g/mol. The van der Waals surface area contributed by atoms with Crippen LogP contribution in [0, 0.1) is 0 Å². The highest BCUT2D eigenvalue weighted by Crippen LogP contribution is 1.93. The molecule has 1 saturated heterocycles. The van der Waals surface area contributed by atoms with Crippen LogP contribution < -0.4 is 5.32 Å². The molecule has 9 heavy (non-hydrogen) atoms. The van der Waals surface area contributed by atoms with Crippen LogP contribution in [0.4, 0.5) is 0 Å². The van der Waals surface area contributed by atoms with Gasteiger partial charge in [0.2, 0.25) is 5.91 Å². The lowest BCUT2D eigenvalue weighted by Crippen LogP contribution is -2.45. The van der Waals surface area contributed by atoms with Gasteiger partial charge in [-0.2, -0.15) is 0 Å². The van der Waals surface area contributed by atoms with E-state index >= 15 is 0 Å². The summed E-state index contributed by atoms with van der Waals surface area (Å²) in [4.78, 5) is 12.3. The van der Waals surface area contributed by atoms with Crippen molar-refractivity contribution in [2.24, 2.45) is 0 Å². The highest BCUT2D eigenvalue weighted by Gasteiger charge is 2.12. The normalized spacial score (nSPS) is 21.7. The van der Waals surface area contributed by atoms with Crippen molar-refractivity contribution in [1.29, 1.82) is 0 Å². The lowest BCUT2D eigenvalue weighted by Gasteiger charge is -2.23. The van der Waals surface area contributed by atoms with E-state index in [1.807, 2.05) is 0 Å². The van der Waals surface area contributed by atoms with Gasteiger partial charge in [-0.1, -0.05) is 0 Å². The molecule has 2 N–H and O–H groups in total. The molecule has 1 aliphatic heterocycles. The number of hydrogen-bond acceptors (Lipinski definition) is 3. The predicted octanol–water partition coefficient (Wildman–Crippen LogP) is -1.28. The lowest BCUT2D eigenvalue weighted by molar-refractivity contribution is -0.125. The summed E-state index contributed by atoms with van der Waals surface area (Å²) in [6.07, 6.45) is 0.501. The maximum absolute atomic E-state index is 10.5. The molecule has 0 saturated carbocycles. The Balaban J connectivity index is 2.26. The quantitative estimate of drug-likeness (QED) is 0.464. The minimum Gasteiger partial charge on any atom is -0.381 e. The number of nitrogens with one attached hydrogen (secondary N) is 1. The van der Waals surface area contributed by atoms with Crippen molar-refractivity contribution >= 4 is 5.91 Å². The second-order valence-electron chi connectivity index (χ2n) is 2.04. The molecule has 1 heterocycles. The van der Waals surface area contributed by atoms with E-state index in [4.69, 9.17) is 5.11 Å². The molecule has 1 rings (SSSR count). The second kappa shape index (κ2) is 2.80. The molecule has 0 unspecified atom stereocenters. The number of aliphatic hydroxyl groups is 1. The van der Waals surface area contributed by atoms with Crippen LogP contribution in [0.2, 0.25) is 0 Å². The topological polar surface area (TPSA) is 52.6 Å². The van der Waals surface area contributed by atoms with Crippen molar-refractivity contribution in [2.75, 3.05) is 19.9 Å². The molecule has 4 heteroatoms. The second-order valence-corrected chi connectivity index (χ2v) is 2.04. The SMILES string of the molecule is O=C1CCN(CO)CN1. The number of aliphatic hydroxyl groups excluding tert-OH is 1. The lowest BCUT2D eigenvalue weighted by atomic mass is 10.3. The molecule has 1 fully saturated rings. The van der Waals surface area contributed by atoms with Gasteiger partial charge < -0.3 is 10.4 Å². The van der Waals surface area contributed by atoms with Gasteiger partial charge in [-0.05, 0) is 0 Å².